The normalized spacial score (nSPS) is 18.1. The molecule has 222 valence electrons. The molecule has 8 nitrogen and oxygen atoms in total. The van der Waals surface area contributed by atoms with E-state index in [9.17, 15) is 14.7 Å². The van der Waals surface area contributed by atoms with Crippen LogP contribution in [-0.2, 0) is 30.7 Å². The Morgan fingerprint density at radius 1 is 0.860 bits per heavy atom. The van der Waals surface area contributed by atoms with Crippen molar-refractivity contribution in [3.63, 3.8) is 0 Å². The van der Waals surface area contributed by atoms with Gasteiger partial charge in [-0.1, -0.05) is 84.9 Å². The second-order valence-corrected chi connectivity index (χ2v) is 10.7. The minimum Gasteiger partial charge on any atom is -0.494 e. The smallest absolute Gasteiger partial charge is 0.258 e. The Morgan fingerprint density at radius 3 is 2.09 bits per heavy atom. The molecule has 0 aliphatic carbocycles. The van der Waals surface area contributed by atoms with Gasteiger partial charge in [-0.25, -0.2) is 0 Å². The van der Waals surface area contributed by atoms with Crippen LogP contribution in [0, 0.1) is 0 Å². The molecule has 1 saturated heterocycles. The average molecular weight is 579 g/mol. The van der Waals surface area contributed by atoms with Crippen LogP contribution >= 0.6 is 0 Å². The van der Waals surface area contributed by atoms with Crippen LogP contribution in [0.15, 0.2) is 109 Å². The van der Waals surface area contributed by atoms with Crippen LogP contribution in [0.2, 0.25) is 0 Å². The van der Waals surface area contributed by atoms with Gasteiger partial charge in [0.15, 0.2) is 0 Å². The fourth-order valence-electron chi connectivity index (χ4n) is 5.25. The molecule has 0 aromatic heterocycles. The number of carbonyl (C=O) groups excluding carboxylic acids is 2. The van der Waals surface area contributed by atoms with Crippen molar-refractivity contribution in [1.82, 2.24) is 15.5 Å². The third kappa shape index (κ3) is 7.29. The lowest BCUT2D eigenvalue weighted by Gasteiger charge is -2.21. The monoisotopic (exact) mass is 578 g/mol. The highest BCUT2D eigenvalue weighted by molar-refractivity contribution is 5.97. The zero-order valence-electron chi connectivity index (χ0n) is 24.3. The number of aliphatic hydroxyl groups is 1. The molecule has 1 heterocycles. The number of nitrogens with one attached hydrogen (secondary N) is 2. The summed E-state index contributed by atoms with van der Waals surface area (Å²) in [5, 5.41) is 18.0. The van der Waals surface area contributed by atoms with E-state index >= 15 is 0 Å². The summed E-state index contributed by atoms with van der Waals surface area (Å²) in [6, 6.07) is 32.6. The topological polar surface area (TPSA) is 117 Å². The van der Waals surface area contributed by atoms with Crippen molar-refractivity contribution in [2.24, 2.45) is 5.73 Å². The van der Waals surface area contributed by atoms with Gasteiger partial charge >= 0.3 is 0 Å². The molecule has 5 N–H and O–H groups in total. The molecule has 0 saturated carbocycles. The number of hydrogen-bond donors (Lipinski definition) is 4. The molecule has 2 amide bonds. The van der Waals surface area contributed by atoms with Crippen LogP contribution < -0.4 is 21.1 Å². The van der Waals surface area contributed by atoms with E-state index in [0.717, 1.165) is 28.0 Å². The third-order valence-corrected chi connectivity index (χ3v) is 7.70. The number of benzene rings is 4. The predicted octanol–water partition coefficient (Wildman–Crippen LogP) is 3.77. The first kappa shape index (κ1) is 30.0. The maximum atomic E-state index is 13.8. The highest BCUT2D eigenvalue weighted by Gasteiger charge is 2.66. The largest absolute Gasteiger partial charge is 0.494 e. The molecule has 0 bridgehead atoms. The number of nitrogens with two attached hydrogens (primary N) is 1. The molecule has 4 aromatic carbocycles. The molecule has 3 atom stereocenters. The van der Waals surface area contributed by atoms with E-state index in [1.807, 2.05) is 91.9 Å². The predicted molar refractivity (Wildman–Crippen MR) is 166 cm³/mol. The molecular weight excluding hydrogens is 540 g/mol. The number of carbonyl (C=O) groups is 2. The van der Waals surface area contributed by atoms with E-state index in [4.69, 9.17) is 10.5 Å². The summed E-state index contributed by atoms with van der Waals surface area (Å²) in [5.41, 5.74) is 10.1. The standard InChI is InChI=1S/C35H38N4O4/c1-2-43-30-19-17-26(18-20-30)22-32-35(42,39(32)34(41)29-11-7-4-8-12-29)38-33(40)31(21-25-9-5-3-6-10-25)37-24-28-15-13-27(23-36)14-16-28/h3-20,31-32,37,42H,2,21-24,36H2,1H3,(H,38,40)/t31-,32+,35+,39?/m0/s1. The minimum atomic E-state index is -1.85. The summed E-state index contributed by atoms with van der Waals surface area (Å²) in [5.74, 6) is -1.85. The van der Waals surface area contributed by atoms with Crippen molar-refractivity contribution >= 4 is 11.8 Å². The van der Waals surface area contributed by atoms with Crippen LogP contribution in [0.25, 0.3) is 0 Å². The van der Waals surface area contributed by atoms with Crippen LogP contribution in [0.1, 0.15) is 39.5 Å². The Balaban J connectivity index is 1.36. The maximum Gasteiger partial charge on any atom is 0.258 e. The van der Waals surface area contributed by atoms with Crippen LogP contribution in [0.3, 0.4) is 0 Å². The van der Waals surface area contributed by atoms with E-state index in [-0.39, 0.29) is 5.91 Å². The van der Waals surface area contributed by atoms with E-state index in [1.54, 1.807) is 24.3 Å². The second kappa shape index (κ2) is 13.6. The first-order valence-corrected chi connectivity index (χ1v) is 14.6. The van der Waals surface area contributed by atoms with Gasteiger partial charge in [-0.2, -0.15) is 0 Å². The lowest BCUT2D eigenvalue weighted by atomic mass is 10.0. The number of amides is 2. The zero-order valence-corrected chi connectivity index (χ0v) is 24.3. The third-order valence-electron chi connectivity index (χ3n) is 7.70. The van der Waals surface area contributed by atoms with Gasteiger partial charge in [-0.3, -0.25) is 14.5 Å². The Morgan fingerprint density at radius 2 is 1.47 bits per heavy atom. The first-order valence-electron chi connectivity index (χ1n) is 14.6. The molecule has 4 aromatic rings. The van der Waals surface area contributed by atoms with Crippen molar-refractivity contribution in [2.45, 2.75) is 50.8 Å². The van der Waals surface area contributed by atoms with Crippen molar-refractivity contribution < 1.29 is 19.4 Å². The van der Waals surface area contributed by atoms with Gasteiger partial charge in [0.05, 0.1) is 12.6 Å². The quantitative estimate of drug-likeness (QED) is 0.142. The van der Waals surface area contributed by atoms with E-state index in [2.05, 4.69) is 10.6 Å². The molecule has 0 spiro atoms. The zero-order chi connectivity index (χ0) is 30.2. The number of hydrogen-bond acceptors (Lipinski definition) is 6. The molecule has 1 fully saturated rings. The Bertz CT molecular complexity index is 1500. The van der Waals surface area contributed by atoms with Crippen molar-refractivity contribution in [1.29, 1.82) is 0 Å². The van der Waals surface area contributed by atoms with Gasteiger partial charge in [0.1, 0.15) is 11.8 Å². The first-order chi connectivity index (χ1) is 20.9. The summed E-state index contributed by atoms with van der Waals surface area (Å²) >= 11 is 0. The summed E-state index contributed by atoms with van der Waals surface area (Å²) in [7, 11) is 0. The average Bonchev–Trinajstić information content (AvgIpc) is 3.61. The van der Waals surface area contributed by atoms with Crippen molar-refractivity contribution in [3.05, 3.63) is 137 Å². The lowest BCUT2D eigenvalue weighted by Crippen LogP contribution is -2.52. The van der Waals surface area contributed by atoms with Crippen LogP contribution in [0.5, 0.6) is 5.75 Å². The highest BCUT2D eigenvalue weighted by atomic mass is 16.5. The molecule has 0 radical (unpaired) electrons. The molecular formula is C35H38N4O4. The fraction of sp³-hybridized carbons (Fsp3) is 0.257. The highest BCUT2D eigenvalue weighted by Crippen LogP contribution is 2.40. The van der Waals surface area contributed by atoms with E-state index < -0.39 is 23.8 Å². The van der Waals surface area contributed by atoms with Gasteiger partial charge < -0.3 is 26.2 Å². The van der Waals surface area contributed by atoms with Crippen LogP contribution in [0.4, 0.5) is 0 Å². The summed E-state index contributed by atoms with van der Waals surface area (Å²) < 4.78 is 5.55. The summed E-state index contributed by atoms with van der Waals surface area (Å²) in [6.45, 7) is 3.38. The van der Waals surface area contributed by atoms with Gasteiger partial charge in [-0.05, 0) is 66.3 Å². The maximum absolute atomic E-state index is 13.8. The van der Waals surface area contributed by atoms with Crippen LogP contribution in [-0.4, -0.2) is 46.4 Å². The van der Waals surface area contributed by atoms with Gasteiger partial charge in [0.25, 0.3) is 5.91 Å². The summed E-state index contributed by atoms with van der Waals surface area (Å²) in [4.78, 5) is 28.7. The Hall–Kier alpha value is -4.50. The van der Waals surface area contributed by atoms with Gasteiger partial charge in [0, 0.05) is 18.7 Å². The lowest BCUT2D eigenvalue weighted by molar-refractivity contribution is -0.128. The van der Waals surface area contributed by atoms with E-state index in [0.29, 0.717) is 38.1 Å². The van der Waals surface area contributed by atoms with E-state index in [1.165, 1.54) is 4.90 Å². The van der Waals surface area contributed by atoms with Gasteiger partial charge in [-0.15, -0.1) is 0 Å². The fourth-order valence-corrected chi connectivity index (χ4v) is 5.25. The van der Waals surface area contributed by atoms with Gasteiger partial charge in [0.2, 0.25) is 11.8 Å². The SMILES string of the molecule is CCOc1ccc(C[C@H]2N(C(=O)c3ccccc3)[C@]2(O)NC(=O)[C@H](Cc2ccccc2)NCc2ccc(CN)cc2)cc1. The Labute approximate surface area is 252 Å². The molecule has 0 unspecified atom stereocenters. The second-order valence-electron chi connectivity index (χ2n) is 10.7. The summed E-state index contributed by atoms with van der Waals surface area (Å²) in [6.07, 6.45) is 0.756. The van der Waals surface area contributed by atoms with Crippen molar-refractivity contribution in [2.75, 3.05) is 6.61 Å². The molecule has 1 aliphatic heterocycles. The van der Waals surface area contributed by atoms with Crippen molar-refractivity contribution in [3.8, 4) is 5.75 Å². The molecule has 5 rings (SSSR count). The molecule has 8 heteroatoms. The number of ether oxygens (including phenoxy) is 1. The Kier molecular flexibility index (Phi) is 9.51. The number of nitrogens with zero attached hydrogens (tertiary/aromatic N) is 1. The minimum absolute atomic E-state index is 0.353. The molecule has 1 aliphatic rings. The number of rotatable bonds is 13. The molecule has 43 heavy (non-hydrogen) atoms.